The highest BCUT2D eigenvalue weighted by Gasteiger charge is 2.59. The fourth-order valence-electron chi connectivity index (χ4n) is 7.26. The van der Waals surface area contributed by atoms with Crippen LogP contribution in [0.25, 0.3) is 0 Å². The molecule has 7 atom stereocenters. The van der Waals surface area contributed by atoms with Gasteiger partial charge in [-0.15, -0.1) is 0 Å². The quantitative estimate of drug-likeness (QED) is 0.824. The van der Waals surface area contributed by atoms with Gasteiger partial charge in [-0.2, -0.15) is 0 Å². The van der Waals surface area contributed by atoms with Gasteiger partial charge in [0.25, 0.3) is 0 Å². The zero-order valence-corrected chi connectivity index (χ0v) is 15.8. The summed E-state index contributed by atoms with van der Waals surface area (Å²) in [6.45, 7) is 6.81. The van der Waals surface area contributed by atoms with Crippen LogP contribution in [0, 0.1) is 40.4 Å². The first-order valence-corrected chi connectivity index (χ1v) is 10.0. The predicted molar refractivity (Wildman–Crippen MR) is 98.5 cm³/mol. The minimum Gasteiger partial charge on any atom is -0.369 e. The Morgan fingerprint density at radius 1 is 1.20 bits per heavy atom. The fraction of sp³-hybridized carbons (Fsp3) is 0.727. The summed E-state index contributed by atoms with van der Waals surface area (Å²) in [5.41, 5.74) is 7.33. The molecule has 2 N–H and O–H groups in total. The van der Waals surface area contributed by atoms with Crippen molar-refractivity contribution >= 4 is 11.7 Å². The van der Waals surface area contributed by atoms with Crippen LogP contribution in [-0.4, -0.2) is 11.7 Å². The number of hydrogen-bond acceptors (Lipinski definition) is 2. The molecule has 0 spiro atoms. The summed E-state index contributed by atoms with van der Waals surface area (Å²) >= 11 is 0. The van der Waals surface area contributed by atoms with Crippen LogP contribution in [0.15, 0.2) is 23.8 Å². The maximum Gasteiger partial charge on any atom is 0.220 e. The van der Waals surface area contributed by atoms with E-state index in [1.54, 1.807) is 6.08 Å². The summed E-state index contributed by atoms with van der Waals surface area (Å²) in [6, 6.07) is 0. The Hall–Kier alpha value is -1.38. The van der Waals surface area contributed by atoms with E-state index in [-0.39, 0.29) is 28.4 Å². The highest BCUT2D eigenvalue weighted by molar-refractivity contribution is 6.01. The van der Waals surface area contributed by atoms with E-state index in [0.29, 0.717) is 23.7 Å². The lowest BCUT2D eigenvalue weighted by Gasteiger charge is -2.57. The molecule has 25 heavy (non-hydrogen) atoms. The number of fused-ring (bicyclic) bond motifs is 5. The molecule has 0 heterocycles. The zero-order chi connectivity index (χ0) is 18.0. The van der Waals surface area contributed by atoms with E-state index in [2.05, 4.69) is 19.9 Å². The summed E-state index contributed by atoms with van der Waals surface area (Å²) in [6.07, 6.45) is 12.9. The van der Waals surface area contributed by atoms with Crippen molar-refractivity contribution in [2.45, 2.75) is 59.3 Å². The van der Waals surface area contributed by atoms with Gasteiger partial charge >= 0.3 is 0 Å². The lowest BCUT2D eigenvalue weighted by atomic mass is 9.47. The molecular formula is C22H31NO2. The van der Waals surface area contributed by atoms with Crippen LogP contribution in [0.1, 0.15) is 59.3 Å². The second-order valence-corrected chi connectivity index (χ2v) is 9.52. The SMILES string of the molecule is CC(C(N)=O)[C@H]1CC[C@H]2[C@@H]3CCC4=CC(=O)C=C[C@]4(C)[C@H]3CC[C@]12C. The Labute approximate surface area is 151 Å². The molecule has 1 amide bonds. The van der Waals surface area contributed by atoms with Crippen molar-refractivity contribution in [1.82, 2.24) is 0 Å². The molecule has 3 nitrogen and oxygen atoms in total. The Morgan fingerprint density at radius 2 is 1.96 bits per heavy atom. The molecule has 4 aliphatic rings. The Balaban J connectivity index is 1.65. The lowest BCUT2D eigenvalue weighted by Crippen LogP contribution is -2.50. The standard InChI is InChI=1S/C22H31NO2/c1-13(20(23)25)17-6-7-18-16-5-4-14-12-15(24)8-10-21(14,2)19(16)9-11-22(17,18)3/h8,10,12-13,16-19H,4-7,9,11H2,1-3H3,(H2,23,25)/t13?,16-,17+,18-,19-,21-,22+/m0/s1. The molecule has 0 aliphatic heterocycles. The molecule has 3 heteroatoms. The maximum atomic E-state index is 11.8. The van der Waals surface area contributed by atoms with E-state index in [0.717, 1.165) is 12.8 Å². The summed E-state index contributed by atoms with van der Waals surface area (Å²) in [7, 11) is 0. The monoisotopic (exact) mass is 341 g/mol. The summed E-state index contributed by atoms with van der Waals surface area (Å²) < 4.78 is 0. The molecular weight excluding hydrogens is 310 g/mol. The van der Waals surface area contributed by atoms with Crippen molar-refractivity contribution < 1.29 is 9.59 Å². The zero-order valence-electron chi connectivity index (χ0n) is 15.8. The highest BCUT2D eigenvalue weighted by Crippen LogP contribution is 2.66. The van der Waals surface area contributed by atoms with Gasteiger partial charge in [0, 0.05) is 11.3 Å². The largest absolute Gasteiger partial charge is 0.369 e. The molecule has 0 aromatic rings. The van der Waals surface area contributed by atoms with Crippen molar-refractivity contribution in [3.05, 3.63) is 23.8 Å². The minimum atomic E-state index is -0.136. The Bertz CT molecular complexity index is 678. The van der Waals surface area contributed by atoms with E-state index in [1.807, 2.05) is 13.0 Å². The predicted octanol–water partition coefficient (Wildman–Crippen LogP) is 4.03. The lowest BCUT2D eigenvalue weighted by molar-refractivity contribution is -0.126. The molecule has 0 saturated heterocycles. The third-order valence-corrected chi connectivity index (χ3v) is 8.68. The number of carbonyl (C=O) groups excluding carboxylic acids is 2. The van der Waals surface area contributed by atoms with Crippen LogP contribution in [0.4, 0.5) is 0 Å². The van der Waals surface area contributed by atoms with Gasteiger partial charge in [0.05, 0.1) is 0 Å². The van der Waals surface area contributed by atoms with Gasteiger partial charge in [-0.05, 0) is 79.8 Å². The molecule has 0 aromatic carbocycles. The molecule has 136 valence electrons. The van der Waals surface area contributed by atoms with Crippen LogP contribution < -0.4 is 5.73 Å². The van der Waals surface area contributed by atoms with Gasteiger partial charge in [-0.25, -0.2) is 0 Å². The van der Waals surface area contributed by atoms with Crippen molar-refractivity contribution in [2.24, 2.45) is 46.2 Å². The first-order valence-electron chi connectivity index (χ1n) is 10.0. The molecule has 0 radical (unpaired) electrons. The van der Waals surface area contributed by atoms with Crippen LogP contribution in [-0.2, 0) is 9.59 Å². The smallest absolute Gasteiger partial charge is 0.220 e. The molecule has 0 aromatic heterocycles. The topological polar surface area (TPSA) is 60.2 Å². The Kier molecular flexibility index (Phi) is 3.79. The minimum absolute atomic E-state index is 0.0200. The van der Waals surface area contributed by atoms with E-state index in [9.17, 15) is 9.59 Å². The second kappa shape index (κ2) is 5.56. The van der Waals surface area contributed by atoms with Crippen molar-refractivity contribution in [3.63, 3.8) is 0 Å². The maximum absolute atomic E-state index is 11.8. The number of amides is 1. The molecule has 4 aliphatic carbocycles. The van der Waals surface area contributed by atoms with E-state index < -0.39 is 0 Å². The van der Waals surface area contributed by atoms with Gasteiger partial charge in [0.15, 0.2) is 5.78 Å². The highest BCUT2D eigenvalue weighted by atomic mass is 16.1. The third kappa shape index (κ3) is 2.30. The number of ketones is 1. The first kappa shape index (κ1) is 17.1. The normalized spacial score (nSPS) is 46.7. The Morgan fingerprint density at radius 3 is 2.68 bits per heavy atom. The number of allylic oxidation sites excluding steroid dienone is 4. The molecule has 1 unspecified atom stereocenters. The molecule has 4 rings (SSSR count). The van der Waals surface area contributed by atoms with Gasteiger partial charge in [-0.3, -0.25) is 9.59 Å². The third-order valence-electron chi connectivity index (χ3n) is 8.68. The van der Waals surface area contributed by atoms with E-state index >= 15 is 0 Å². The van der Waals surface area contributed by atoms with E-state index in [1.165, 1.54) is 31.3 Å². The average molecular weight is 341 g/mol. The van der Waals surface area contributed by atoms with Gasteiger partial charge in [-0.1, -0.05) is 32.4 Å². The molecule has 3 fully saturated rings. The van der Waals surface area contributed by atoms with Gasteiger partial charge < -0.3 is 5.73 Å². The summed E-state index contributed by atoms with van der Waals surface area (Å²) in [4.78, 5) is 23.7. The number of primary amides is 1. The summed E-state index contributed by atoms with van der Waals surface area (Å²) in [5, 5.41) is 0. The summed E-state index contributed by atoms with van der Waals surface area (Å²) in [5.74, 6) is 2.48. The van der Waals surface area contributed by atoms with Crippen molar-refractivity contribution in [1.29, 1.82) is 0 Å². The average Bonchev–Trinajstić information content (AvgIpc) is 2.92. The van der Waals surface area contributed by atoms with Crippen LogP contribution in [0.5, 0.6) is 0 Å². The number of carbonyl (C=O) groups is 2. The second-order valence-electron chi connectivity index (χ2n) is 9.52. The molecule has 0 bridgehead atoms. The van der Waals surface area contributed by atoms with Crippen LogP contribution in [0.3, 0.4) is 0 Å². The number of nitrogens with two attached hydrogens (primary N) is 1. The molecule has 3 saturated carbocycles. The van der Waals surface area contributed by atoms with Gasteiger partial charge in [0.2, 0.25) is 5.91 Å². The number of hydrogen-bond donors (Lipinski definition) is 1. The van der Waals surface area contributed by atoms with E-state index in [4.69, 9.17) is 5.73 Å². The van der Waals surface area contributed by atoms with Crippen molar-refractivity contribution in [2.75, 3.05) is 0 Å². The fourth-order valence-corrected chi connectivity index (χ4v) is 7.26. The number of rotatable bonds is 2. The van der Waals surface area contributed by atoms with Gasteiger partial charge in [0.1, 0.15) is 0 Å². The van der Waals surface area contributed by atoms with Crippen LogP contribution in [0.2, 0.25) is 0 Å². The van der Waals surface area contributed by atoms with Crippen molar-refractivity contribution in [3.8, 4) is 0 Å². The first-order chi connectivity index (χ1) is 11.8. The van der Waals surface area contributed by atoms with Crippen LogP contribution >= 0.6 is 0 Å².